The fourth-order valence-electron chi connectivity index (χ4n) is 15.1. The Balaban J connectivity index is 0.000000132. The van der Waals surface area contributed by atoms with Crippen molar-refractivity contribution in [3.8, 4) is 45.0 Å². The average Bonchev–Trinajstić information content (AvgIpc) is 1.63. The highest BCUT2D eigenvalue weighted by Crippen LogP contribution is 2.43. The number of rotatable bonds is 6. The van der Waals surface area contributed by atoms with Crippen LogP contribution in [-0.4, -0.2) is 18.3 Å². The van der Waals surface area contributed by atoms with Crippen molar-refractivity contribution in [1.82, 2.24) is 18.3 Å². The van der Waals surface area contributed by atoms with E-state index >= 15 is 0 Å². The zero-order valence-electron chi connectivity index (χ0n) is 50.1. The molecule has 4 heteroatoms. The minimum atomic E-state index is 1.18. The van der Waals surface area contributed by atoms with E-state index in [1.54, 1.807) is 0 Å². The van der Waals surface area contributed by atoms with Gasteiger partial charge in [-0.15, -0.1) is 0 Å². The lowest BCUT2D eigenvalue weighted by molar-refractivity contribution is 1.18. The predicted octanol–water partition coefficient (Wildman–Crippen LogP) is 23.7. The van der Waals surface area contributed by atoms with Crippen molar-refractivity contribution in [2.24, 2.45) is 0 Å². The summed E-state index contributed by atoms with van der Waals surface area (Å²) in [4.78, 5) is 0. The zero-order chi connectivity index (χ0) is 60.4. The Kier molecular flexibility index (Phi) is 11.6. The number of hydrogen-bond donors (Lipinski definition) is 0. The van der Waals surface area contributed by atoms with Crippen molar-refractivity contribution in [1.29, 1.82) is 0 Å². The summed E-state index contributed by atoms with van der Waals surface area (Å²) in [5.41, 5.74) is 19.4. The molecule has 0 aliphatic rings. The molecule has 0 N–H and O–H groups in total. The van der Waals surface area contributed by atoms with Crippen LogP contribution in [0.3, 0.4) is 0 Å². The van der Waals surface area contributed by atoms with Gasteiger partial charge in [-0.25, -0.2) is 0 Å². The smallest absolute Gasteiger partial charge is 0.0547 e. The number of hydrogen-bond acceptors (Lipinski definition) is 0. The van der Waals surface area contributed by atoms with Gasteiger partial charge in [0.25, 0.3) is 0 Å². The Morgan fingerprint density at radius 3 is 0.967 bits per heavy atom. The average molecular weight is 1170 g/mol. The fourth-order valence-corrected chi connectivity index (χ4v) is 15.1. The quantitative estimate of drug-likeness (QED) is 0.158. The summed E-state index contributed by atoms with van der Waals surface area (Å²) in [6.07, 6.45) is 0. The lowest BCUT2D eigenvalue weighted by Crippen LogP contribution is -1.94. The molecule has 4 nitrogen and oxygen atoms in total. The van der Waals surface area contributed by atoms with Crippen LogP contribution < -0.4 is 0 Å². The third kappa shape index (κ3) is 8.10. The van der Waals surface area contributed by atoms with E-state index in [2.05, 4.69) is 358 Å². The van der Waals surface area contributed by atoms with Gasteiger partial charge >= 0.3 is 0 Å². The summed E-state index contributed by atoms with van der Waals surface area (Å²) in [7, 11) is 0. The van der Waals surface area contributed by atoms with Gasteiger partial charge < -0.3 is 18.3 Å². The maximum Gasteiger partial charge on any atom is 0.0547 e. The molecule has 0 saturated heterocycles. The monoisotopic (exact) mass is 1170 g/mol. The number of nitrogens with zero attached hydrogens (tertiary/aromatic N) is 4. The van der Waals surface area contributed by atoms with Crippen LogP contribution in [0, 0.1) is 0 Å². The Hall–Kier alpha value is -12.2. The molecular weight excluding hydrogens is 1110 g/mol. The first-order valence-electron chi connectivity index (χ1n) is 31.7. The lowest BCUT2D eigenvalue weighted by Gasteiger charge is -2.11. The van der Waals surface area contributed by atoms with Crippen molar-refractivity contribution in [2.45, 2.75) is 0 Å². The molecule has 0 fully saturated rings. The van der Waals surface area contributed by atoms with E-state index in [1.165, 1.54) is 175 Å². The second-order valence-corrected chi connectivity index (χ2v) is 24.4. The van der Waals surface area contributed by atoms with Gasteiger partial charge in [0.05, 0.1) is 44.1 Å². The molecule has 0 aliphatic carbocycles. The topological polar surface area (TPSA) is 19.7 Å². The molecule has 92 heavy (non-hydrogen) atoms. The summed E-state index contributed by atoms with van der Waals surface area (Å²) in [5.74, 6) is 0. The molecule has 0 unspecified atom stereocenters. The molecule has 0 atom stereocenters. The van der Waals surface area contributed by atoms with Gasteiger partial charge in [0.1, 0.15) is 0 Å². The Bertz CT molecular complexity index is 6370. The van der Waals surface area contributed by atoms with Gasteiger partial charge in [-0.05, 0) is 181 Å². The largest absolute Gasteiger partial charge is 0.309 e. The fraction of sp³-hybridized carbons (Fsp3) is 0. The molecule has 0 radical (unpaired) electrons. The molecule has 428 valence electrons. The van der Waals surface area contributed by atoms with Crippen molar-refractivity contribution in [3.63, 3.8) is 0 Å². The number of fused-ring (bicyclic) bond motifs is 18. The Morgan fingerprint density at radius 1 is 0.141 bits per heavy atom. The summed E-state index contributed by atoms with van der Waals surface area (Å²) >= 11 is 0. The van der Waals surface area contributed by atoms with E-state index in [9.17, 15) is 0 Å². The molecule has 0 saturated carbocycles. The van der Waals surface area contributed by atoms with Crippen molar-refractivity contribution < 1.29 is 0 Å². The summed E-state index contributed by atoms with van der Waals surface area (Å²) in [6.45, 7) is 0. The first kappa shape index (κ1) is 51.8. The SMILES string of the molecule is c1ccc(-n2c3ccccc3c3c4cc(-c5ccc6c(c5)c5ccccc5n6-c5ccc6ccccc6c5)ccc4ccc32)cc1.c1ccc(-n2c3ccccc3c3c4cc(-c5ccc6c7ccccc7n(-c7ccc8ccccc8c7)c6c5)ccc4ccc32)cc1. The standard InChI is InChI=1S/2C44H28N2/c1-2-12-34(13-3-1)45-41-17-9-7-15-37(41)44-38-27-32(19-18-30(38)21-25-43(44)45)33-22-24-42-39(28-33)36-14-6-8-16-40(36)46(42)35-23-20-29-10-4-5-11-31(29)26-35;1-2-12-34(13-3-1)45-41-17-9-7-15-38(41)44-39-27-32(19-18-30(39)22-25-42(44)45)33-21-24-37-36-14-6-8-16-40(36)46(43(37)28-33)35-23-20-29-10-4-5-11-31(29)26-35/h2*1-28H. The molecule has 0 spiro atoms. The third-order valence-corrected chi connectivity index (χ3v) is 19.3. The Morgan fingerprint density at radius 2 is 0.457 bits per heavy atom. The normalized spacial score (nSPS) is 11.9. The summed E-state index contributed by atoms with van der Waals surface area (Å²) in [6, 6.07) is 124. The van der Waals surface area contributed by atoms with E-state index in [0.29, 0.717) is 0 Å². The highest BCUT2D eigenvalue weighted by atomic mass is 15.0. The molecule has 0 bridgehead atoms. The van der Waals surface area contributed by atoms with E-state index in [-0.39, 0.29) is 0 Å². The summed E-state index contributed by atoms with van der Waals surface area (Å²) in [5, 5.41) is 20.3. The predicted molar refractivity (Wildman–Crippen MR) is 391 cm³/mol. The van der Waals surface area contributed by atoms with Crippen molar-refractivity contribution >= 4 is 130 Å². The highest BCUT2D eigenvalue weighted by molar-refractivity contribution is 6.24. The minimum absolute atomic E-state index is 1.18. The molecule has 0 aliphatic heterocycles. The third-order valence-electron chi connectivity index (χ3n) is 19.3. The van der Waals surface area contributed by atoms with E-state index < -0.39 is 0 Å². The Labute approximate surface area is 530 Å². The maximum atomic E-state index is 2.42. The molecular formula is C88H56N4. The van der Waals surface area contributed by atoms with Gasteiger partial charge in [0.2, 0.25) is 0 Å². The van der Waals surface area contributed by atoms with Crippen molar-refractivity contribution in [2.75, 3.05) is 0 Å². The highest BCUT2D eigenvalue weighted by Gasteiger charge is 2.20. The van der Waals surface area contributed by atoms with Crippen LogP contribution in [0.4, 0.5) is 0 Å². The lowest BCUT2D eigenvalue weighted by atomic mass is 9.97. The van der Waals surface area contributed by atoms with Crippen LogP contribution in [0.1, 0.15) is 0 Å². The van der Waals surface area contributed by atoms with Crippen LogP contribution in [0.5, 0.6) is 0 Å². The second-order valence-electron chi connectivity index (χ2n) is 24.4. The molecule has 20 aromatic rings. The van der Waals surface area contributed by atoms with Crippen LogP contribution >= 0.6 is 0 Å². The molecule has 0 amide bonds. The molecule has 4 heterocycles. The number of benzene rings is 16. The van der Waals surface area contributed by atoms with Gasteiger partial charge in [-0.2, -0.15) is 0 Å². The molecule has 16 aromatic carbocycles. The molecule has 20 rings (SSSR count). The van der Waals surface area contributed by atoms with Gasteiger partial charge in [-0.1, -0.05) is 224 Å². The van der Waals surface area contributed by atoms with E-state index in [1.807, 2.05) is 0 Å². The molecule has 4 aromatic heterocycles. The van der Waals surface area contributed by atoms with Crippen LogP contribution in [0.2, 0.25) is 0 Å². The number of para-hydroxylation sites is 6. The van der Waals surface area contributed by atoms with Crippen molar-refractivity contribution in [3.05, 3.63) is 340 Å². The number of aromatic nitrogens is 4. The first-order valence-corrected chi connectivity index (χ1v) is 31.7. The van der Waals surface area contributed by atoms with E-state index in [0.717, 1.165) is 0 Å². The zero-order valence-corrected chi connectivity index (χ0v) is 50.1. The van der Waals surface area contributed by atoms with Gasteiger partial charge in [-0.3, -0.25) is 0 Å². The summed E-state index contributed by atoms with van der Waals surface area (Å²) < 4.78 is 9.62. The second kappa shape index (κ2) is 20.7. The van der Waals surface area contributed by atoms with Gasteiger partial charge in [0, 0.05) is 65.8 Å². The van der Waals surface area contributed by atoms with Crippen LogP contribution in [-0.2, 0) is 0 Å². The van der Waals surface area contributed by atoms with Gasteiger partial charge in [0.15, 0.2) is 0 Å². The van der Waals surface area contributed by atoms with Crippen LogP contribution in [0.25, 0.3) is 175 Å². The first-order chi connectivity index (χ1) is 45.6. The maximum absolute atomic E-state index is 2.42. The minimum Gasteiger partial charge on any atom is -0.309 e. The van der Waals surface area contributed by atoms with Crippen LogP contribution in [0.15, 0.2) is 340 Å². The van der Waals surface area contributed by atoms with E-state index in [4.69, 9.17) is 0 Å².